The summed E-state index contributed by atoms with van der Waals surface area (Å²) in [4.78, 5) is 23.7. The van der Waals surface area contributed by atoms with Crippen LogP contribution in [0, 0.1) is 5.82 Å². The van der Waals surface area contributed by atoms with E-state index < -0.39 is 23.8 Å². The van der Waals surface area contributed by atoms with E-state index in [4.69, 9.17) is 11.6 Å². The van der Waals surface area contributed by atoms with Crippen LogP contribution in [0.1, 0.15) is 59.0 Å². The third-order valence-electron chi connectivity index (χ3n) is 5.48. The van der Waals surface area contributed by atoms with E-state index in [0.717, 1.165) is 5.56 Å². The lowest BCUT2D eigenvalue weighted by Crippen LogP contribution is -2.12. The number of hydrogen-bond acceptors (Lipinski definition) is 3. The fourth-order valence-corrected chi connectivity index (χ4v) is 4.51. The molecule has 29 heavy (non-hydrogen) atoms. The summed E-state index contributed by atoms with van der Waals surface area (Å²) in [5.41, 5.74) is 2.79. The van der Waals surface area contributed by atoms with Crippen LogP contribution in [0.15, 0.2) is 36.4 Å². The molecule has 1 aliphatic carbocycles. The normalized spacial score (nSPS) is 18.2. The monoisotopic (exact) mass is 415 g/mol. The summed E-state index contributed by atoms with van der Waals surface area (Å²) < 4.78 is 16.1. The lowest BCUT2D eigenvalue weighted by Gasteiger charge is -2.17. The van der Waals surface area contributed by atoms with Crippen LogP contribution < -0.4 is 0 Å². The summed E-state index contributed by atoms with van der Waals surface area (Å²) in [6, 6.07) is 9.68. The van der Waals surface area contributed by atoms with Crippen molar-refractivity contribution in [1.29, 1.82) is 0 Å². The van der Waals surface area contributed by atoms with Crippen molar-refractivity contribution in [2.45, 2.75) is 38.3 Å². The summed E-state index contributed by atoms with van der Waals surface area (Å²) in [5, 5.41) is 21.0. The number of aliphatic carboxylic acids is 1. The second kappa shape index (κ2) is 7.28. The topological polar surface area (TPSA) is 79.5 Å². The maximum absolute atomic E-state index is 14.3. The summed E-state index contributed by atoms with van der Waals surface area (Å²) in [6.45, 7) is 1.71. The van der Waals surface area contributed by atoms with E-state index in [1.165, 1.54) is 19.1 Å². The maximum atomic E-state index is 14.3. The van der Waals surface area contributed by atoms with Crippen LogP contribution in [0.4, 0.5) is 4.39 Å². The number of carbonyl (C=O) groups is 2. The molecule has 1 heterocycles. The number of rotatable bonds is 5. The number of halogens is 2. The van der Waals surface area contributed by atoms with Crippen molar-refractivity contribution in [1.82, 2.24) is 4.57 Å². The SMILES string of the molecule is CC(=O)c1cc(F)cc2c3c(n(Cc4ccc(Cl)cc4)c12)[C@@H](CC(=O)O)CC3O. The first-order valence-electron chi connectivity index (χ1n) is 9.27. The van der Waals surface area contributed by atoms with Crippen LogP contribution in [0.5, 0.6) is 0 Å². The van der Waals surface area contributed by atoms with Gasteiger partial charge in [-0.25, -0.2) is 4.39 Å². The molecule has 0 bridgehead atoms. The minimum atomic E-state index is -0.976. The van der Waals surface area contributed by atoms with Crippen molar-refractivity contribution in [2.75, 3.05) is 0 Å². The molecular formula is C22H19ClFNO4. The van der Waals surface area contributed by atoms with Crippen LogP contribution in [0.25, 0.3) is 10.9 Å². The first-order chi connectivity index (χ1) is 13.8. The highest BCUT2D eigenvalue weighted by Gasteiger charge is 2.38. The predicted molar refractivity (Wildman–Crippen MR) is 107 cm³/mol. The van der Waals surface area contributed by atoms with Gasteiger partial charge in [-0.05, 0) is 43.2 Å². The van der Waals surface area contributed by atoms with Gasteiger partial charge < -0.3 is 14.8 Å². The Morgan fingerprint density at radius 1 is 1.24 bits per heavy atom. The molecule has 0 spiro atoms. The zero-order chi connectivity index (χ0) is 20.9. The molecule has 1 unspecified atom stereocenters. The fourth-order valence-electron chi connectivity index (χ4n) is 4.38. The highest BCUT2D eigenvalue weighted by atomic mass is 35.5. The van der Waals surface area contributed by atoms with Crippen LogP contribution in [-0.4, -0.2) is 26.5 Å². The van der Waals surface area contributed by atoms with Crippen LogP contribution in [0.3, 0.4) is 0 Å². The van der Waals surface area contributed by atoms with Gasteiger partial charge in [-0.2, -0.15) is 0 Å². The van der Waals surface area contributed by atoms with Gasteiger partial charge in [0.1, 0.15) is 5.82 Å². The minimum absolute atomic E-state index is 0.154. The van der Waals surface area contributed by atoms with E-state index in [1.54, 1.807) is 12.1 Å². The zero-order valence-electron chi connectivity index (χ0n) is 15.7. The molecule has 0 fully saturated rings. The quantitative estimate of drug-likeness (QED) is 0.593. The second-order valence-electron chi connectivity index (χ2n) is 7.46. The molecule has 2 N–H and O–H groups in total. The Labute approximate surface area is 171 Å². The number of aromatic nitrogens is 1. The first-order valence-corrected chi connectivity index (χ1v) is 9.64. The molecule has 2 aromatic carbocycles. The van der Waals surface area contributed by atoms with Crippen LogP contribution in [0.2, 0.25) is 5.02 Å². The van der Waals surface area contributed by atoms with Gasteiger partial charge >= 0.3 is 5.97 Å². The standard InChI is InChI=1S/C22H19ClFNO4/c1-11(26)16-8-15(24)9-17-20-18(27)6-13(7-19(28)29)21(20)25(22(16)17)10-12-2-4-14(23)5-3-12/h2-5,8-9,13,18,27H,6-7,10H2,1H3,(H,28,29)/t13-,18?/m1/s1. The van der Waals surface area contributed by atoms with Crippen molar-refractivity contribution < 1.29 is 24.2 Å². The van der Waals surface area contributed by atoms with E-state index in [-0.39, 0.29) is 24.2 Å². The van der Waals surface area contributed by atoms with E-state index in [9.17, 15) is 24.2 Å². The fraction of sp³-hybridized carbons (Fsp3) is 0.273. The number of fused-ring (bicyclic) bond motifs is 3. The Morgan fingerprint density at radius 2 is 1.93 bits per heavy atom. The van der Waals surface area contributed by atoms with E-state index in [2.05, 4.69) is 0 Å². The summed E-state index contributed by atoms with van der Waals surface area (Å²) in [7, 11) is 0. The molecule has 1 aliphatic rings. The molecule has 150 valence electrons. The van der Waals surface area contributed by atoms with E-state index >= 15 is 0 Å². The van der Waals surface area contributed by atoms with E-state index in [0.29, 0.717) is 33.7 Å². The largest absolute Gasteiger partial charge is 0.481 e. The lowest BCUT2D eigenvalue weighted by molar-refractivity contribution is -0.137. The Balaban J connectivity index is 2.01. The average Bonchev–Trinajstić information content (AvgIpc) is 3.12. The Kier molecular flexibility index (Phi) is 4.92. The van der Waals surface area contributed by atoms with Crippen molar-refractivity contribution in [3.05, 3.63) is 69.6 Å². The molecule has 0 saturated carbocycles. The second-order valence-corrected chi connectivity index (χ2v) is 7.90. The number of benzene rings is 2. The third kappa shape index (κ3) is 3.43. The molecule has 0 amide bonds. The van der Waals surface area contributed by atoms with Gasteiger partial charge in [0.05, 0.1) is 18.0 Å². The van der Waals surface area contributed by atoms with Crippen molar-refractivity contribution >= 4 is 34.3 Å². The van der Waals surface area contributed by atoms with Crippen molar-refractivity contribution in [3.8, 4) is 0 Å². The Hall–Kier alpha value is -2.70. The molecule has 3 aromatic rings. The number of carbonyl (C=O) groups excluding carboxylic acids is 1. The minimum Gasteiger partial charge on any atom is -0.481 e. The maximum Gasteiger partial charge on any atom is 0.304 e. The van der Waals surface area contributed by atoms with Gasteiger partial charge in [-0.15, -0.1) is 0 Å². The highest BCUT2D eigenvalue weighted by Crippen LogP contribution is 2.48. The number of aliphatic hydroxyl groups excluding tert-OH is 1. The highest BCUT2D eigenvalue weighted by molar-refractivity contribution is 6.30. The number of hydrogen-bond donors (Lipinski definition) is 2. The first kappa shape index (κ1) is 19.6. The van der Waals surface area contributed by atoms with Crippen molar-refractivity contribution in [3.63, 3.8) is 0 Å². The van der Waals surface area contributed by atoms with Crippen LogP contribution >= 0.6 is 11.6 Å². The third-order valence-corrected chi connectivity index (χ3v) is 5.74. The lowest BCUT2D eigenvalue weighted by atomic mass is 10.0. The Bertz CT molecular complexity index is 1140. The number of carboxylic acid groups (broad SMARTS) is 1. The molecule has 0 aliphatic heterocycles. The predicted octanol–water partition coefficient (Wildman–Crippen LogP) is 4.68. The summed E-state index contributed by atoms with van der Waals surface area (Å²) >= 11 is 5.97. The molecule has 1 aromatic heterocycles. The number of carboxylic acids is 1. The molecule has 0 radical (unpaired) electrons. The molecular weight excluding hydrogens is 397 g/mol. The summed E-state index contributed by atoms with van der Waals surface area (Å²) in [5.74, 6) is -2.27. The molecule has 2 atom stereocenters. The molecule has 4 rings (SSSR count). The van der Waals surface area contributed by atoms with Gasteiger partial charge in [0.25, 0.3) is 0 Å². The van der Waals surface area contributed by atoms with Crippen molar-refractivity contribution in [2.24, 2.45) is 0 Å². The smallest absolute Gasteiger partial charge is 0.304 e. The summed E-state index contributed by atoms with van der Waals surface area (Å²) in [6.07, 6.45) is -0.817. The van der Waals surface area contributed by atoms with Gasteiger partial charge in [0.15, 0.2) is 5.78 Å². The van der Waals surface area contributed by atoms with Gasteiger partial charge in [-0.3, -0.25) is 9.59 Å². The number of Topliss-reactive ketones (excluding diaryl/α,β-unsaturated/α-hetero) is 1. The molecule has 7 heteroatoms. The number of nitrogens with zero attached hydrogens (tertiary/aromatic N) is 1. The van der Waals surface area contributed by atoms with Gasteiger partial charge in [-0.1, -0.05) is 23.7 Å². The van der Waals surface area contributed by atoms with Gasteiger partial charge in [0.2, 0.25) is 0 Å². The number of aliphatic hydroxyl groups is 1. The molecule has 5 nitrogen and oxygen atoms in total. The number of ketones is 1. The average molecular weight is 416 g/mol. The zero-order valence-corrected chi connectivity index (χ0v) is 16.4. The van der Waals surface area contributed by atoms with Gasteiger partial charge in [0, 0.05) is 39.7 Å². The van der Waals surface area contributed by atoms with Crippen LogP contribution in [-0.2, 0) is 11.3 Å². The Morgan fingerprint density at radius 3 is 2.55 bits per heavy atom. The molecule has 0 saturated heterocycles. The van der Waals surface area contributed by atoms with E-state index in [1.807, 2.05) is 16.7 Å².